The Kier molecular flexibility index (Phi) is 3.99. The molecule has 0 amide bonds. The highest BCUT2D eigenvalue weighted by Crippen LogP contribution is 2.32. The van der Waals surface area contributed by atoms with Crippen molar-refractivity contribution in [3.8, 4) is 5.75 Å². The van der Waals surface area contributed by atoms with E-state index in [-0.39, 0.29) is 17.9 Å². The Morgan fingerprint density at radius 1 is 1.64 bits per heavy atom. The van der Waals surface area contributed by atoms with Crippen LogP contribution in [0, 0.1) is 3.70 Å². The van der Waals surface area contributed by atoms with E-state index < -0.39 is 6.43 Å². The maximum atomic E-state index is 12.5. The molecule has 1 aromatic rings. The fraction of sp³-hybridized carbons (Fsp3) is 0.375. The highest BCUT2D eigenvalue weighted by atomic mass is 127. The average molecular weight is 314 g/mol. The lowest BCUT2D eigenvalue weighted by Gasteiger charge is -2.12. The molecule has 0 fully saturated rings. The monoisotopic (exact) mass is 314 g/mol. The first-order valence-electron chi connectivity index (χ1n) is 3.81. The minimum atomic E-state index is -2.60. The van der Waals surface area contributed by atoms with Crippen molar-refractivity contribution in [1.82, 2.24) is 4.98 Å². The molecule has 0 saturated heterocycles. The molecule has 0 aromatic carbocycles. The average Bonchev–Trinajstić information content (AvgIpc) is 2.16. The van der Waals surface area contributed by atoms with Crippen molar-refractivity contribution in [2.45, 2.75) is 13.0 Å². The third kappa shape index (κ3) is 2.11. The van der Waals surface area contributed by atoms with Crippen LogP contribution in [0.4, 0.5) is 8.78 Å². The summed E-state index contributed by atoms with van der Waals surface area (Å²) in [5.74, 6) is 0.141. The SMILES string of the molecule is COc1c(C(F)F)cnc(I)c1CN. The number of rotatable bonds is 3. The summed E-state index contributed by atoms with van der Waals surface area (Å²) >= 11 is 1.93. The number of halogens is 3. The molecule has 0 radical (unpaired) electrons. The van der Waals surface area contributed by atoms with Crippen LogP contribution in [0.1, 0.15) is 17.6 Å². The summed E-state index contributed by atoms with van der Waals surface area (Å²) in [6.07, 6.45) is -1.48. The van der Waals surface area contributed by atoms with Crippen molar-refractivity contribution in [3.05, 3.63) is 21.0 Å². The van der Waals surface area contributed by atoms with Gasteiger partial charge in [0.15, 0.2) is 0 Å². The Morgan fingerprint density at radius 2 is 2.29 bits per heavy atom. The maximum absolute atomic E-state index is 12.5. The second-order valence-electron chi connectivity index (χ2n) is 2.52. The van der Waals surface area contributed by atoms with Gasteiger partial charge >= 0.3 is 0 Å². The van der Waals surface area contributed by atoms with Crippen LogP contribution >= 0.6 is 22.6 Å². The fourth-order valence-electron chi connectivity index (χ4n) is 1.10. The molecule has 0 bridgehead atoms. The van der Waals surface area contributed by atoms with Gasteiger partial charge in [-0.05, 0) is 22.6 Å². The molecule has 0 unspecified atom stereocenters. The Bertz CT molecular complexity index is 333. The van der Waals surface area contributed by atoms with Crippen molar-refractivity contribution >= 4 is 22.6 Å². The van der Waals surface area contributed by atoms with Gasteiger partial charge in [-0.3, -0.25) is 0 Å². The highest BCUT2D eigenvalue weighted by molar-refractivity contribution is 14.1. The predicted octanol–water partition coefficient (Wildman–Crippen LogP) is 2.09. The van der Waals surface area contributed by atoms with E-state index >= 15 is 0 Å². The number of methoxy groups -OCH3 is 1. The molecule has 0 aliphatic carbocycles. The van der Waals surface area contributed by atoms with Crippen LogP contribution in [0.25, 0.3) is 0 Å². The smallest absolute Gasteiger partial charge is 0.268 e. The first-order chi connectivity index (χ1) is 6.61. The molecule has 1 rings (SSSR count). The van der Waals surface area contributed by atoms with Gasteiger partial charge in [-0.2, -0.15) is 0 Å². The molecule has 3 nitrogen and oxygen atoms in total. The number of ether oxygens (including phenoxy) is 1. The lowest BCUT2D eigenvalue weighted by Crippen LogP contribution is -2.07. The molecule has 14 heavy (non-hydrogen) atoms. The van der Waals surface area contributed by atoms with E-state index in [4.69, 9.17) is 10.5 Å². The lowest BCUT2D eigenvalue weighted by molar-refractivity contribution is 0.146. The molecule has 1 aromatic heterocycles. The van der Waals surface area contributed by atoms with Crippen LogP contribution in [-0.4, -0.2) is 12.1 Å². The van der Waals surface area contributed by atoms with E-state index in [2.05, 4.69) is 4.98 Å². The summed E-state index contributed by atoms with van der Waals surface area (Å²) in [5.41, 5.74) is 5.73. The van der Waals surface area contributed by atoms with Gasteiger partial charge in [-0.25, -0.2) is 13.8 Å². The number of alkyl halides is 2. The van der Waals surface area contributed by atoms with Gasteiger partial charge < -0.3 is 10.5 Å². The molecule has 0 atom stereocenters. The summed E-state index contributed by atoms with van der Waals surface area (Å²) in [6.45, 7) is 0.134. The van der Waals surface area contributed by atoms with Crippen molar-refractivity contribution in [3.63, 3.8) is 0 Å². The molecule has 0 aliphatic heterocycles. The molecule has 0 spiro atoms. The number of nitrogens with zero attached hydrogens (tertiary/aromatic N) is 1. The Hall–Kier alpha value is -0.500. The van der Waals surface area contributed by atoms with Gasteiger partial charge in [0.05, 0.1) is 12.7 Å². The minimum Gasteiger partial charge on any atom is -0.496 e. The Balaban J connectivity index is 3.33. The molecule has 6 heteroatoms. The molecule has 0 aliphatic rings. The van der Waals surface area contributed by atoms with Crippen LogP contribution in [0.3, 0.4) is 0 Å². The van der Waals surface area contributed by atoms with E-state index in [9.17, 15) is 8.78 Å². The van der Waals surface area contributed by atoms with Crippen molar-refractivity contribution in [1.29, 1.82) is 0 Å². The number of pyridine rings is 1. The van der Waals surface area contributed by atoms with Gasteiger partial charge in [0.2, 0.25) is 0 Å². The van der Waals surface area contributed by atoms with Crippen molar-refractivity contribution < 1.29 is 13.5 Å². The third-order valence-electron chi connectivity index (χ3n) is 1.75. The molecule has 2 N–H and O–H groups in total. The van der Waals surface area contributed by atoms with Crippen LogP contribution in [-0.2, 0) is 6.54 Å². The van der Waals surface area contributed by atoms with E-state index in [0.29, 0.717) is 9.26 Å². The summed E-state index contributed by atoms with van der Waals surface area (Å²) in [7, 11) is 1.34. The number of hydrogen-bond donors (Lipinski definition) is 1. The van der Waals surface area contributed by atoms with Crippen molar-refractivity contribution in [2.75, 3.05) is 7.11 Å². The van der Waals surface area contributed by atoms with Gasteiger partial charge in [0.25, 0.3) is 6.43 Å². The number of aromatic nitrogens is 1. The highest BCUT2D eigenvalue weighted by Gasteiger charge is 2.19. The summed E-state index contributed by atoms with van der Waals surface area (Å²) in [4.78, 5) is 3.83. The number of hydrogen-bond acceptors (Lipinski definition) is 3. The van der Waals surface area contributed by atoms with Crippen LogP contribution < -0.4 is 10.5 Å². The van der Waals surface area contributed by atoms with Gasteiger partial charge in [-0.15, -0.1) is 0 Å². The van der Waals surface area contributed by atoms with E-state index in [1.807, 2.05) is 22.6 Å². The Labute approximate surface area is 93.8 Å². The molecule has 78 valence electrons. The number of nitrogens with two attached hydrogens (primary N) is 1. The topological polar surface area (TPSA) is 48.1 Å². The van der Waals surface area contributed by atoms with E-state index in [1.54, 1.807) is 0 Å². The van der Waals surface area contributed by atoms with E-state index in [1.165, 1.54) is 7.11 Å². The standard InChI is InChI=1S/C8H9F2IN2O/c1-14-6-4(2-12)8(11)13-3-5(6)7(9)10/h3,7H,2,12H2,1H3. The largest absolute Gasteiger partial charge is 0.496 e. The second-order valence-corrected chi connectivity index (χ2v) is 3.54. The van der Waals surface area contributed by atoms with Gasteiger partial charge in [0.1, 0.15) is 9.45 Å². The maximum Gasteiger partial charge on any atom is 0.268 e. The minimum absolute atomic E-state index is 0.134. The second kappa shape index (κ2) is 4.83. The van der Waals surface area contributed by atoms with Crippen LogP contribution in [0.5, 0.6) is 5.75 Å². The fourth-order valence-corrected chi connectivity index (χ4v) is 1.71. The third-order valence-corrected chi connectivity index (χ3v) is 2.68. The lowest BCUT2D eigenvalue weighted by atomic mass is 10.2. The quantitative estimate of drug-likeness (QED) is 0.686. The van der Waals surface area contributed by atoms with Crippen molar-refractivity contribution in [2.24, 2.45) is 5.73 Å². The molecule has 1 heterocycles. The zero-order valence-electron chi connectivity index (χ0n) is 7.43. The predicted molar refractivity (Wildman–Crippen MR) is 56.4 cm³/mol. The molecular weight excluding hydrogens is 305 g/mol. The first kappa shape index (κ1) is 11.6. The Morgan fingerprint density at radius 3 is 2.71 bits per heavy atom. The summed E-state index contributed by atoms with van der Waals surface area (Å²) in [5, 5.41) is 0. The van der Waals surface area contributed by atoms with Crippen LogP contribution in [0.2, 0.25) is 0 Å². The normalized spacial score (nSPS) is 10.7. The molecule has 0 saturated carbocycles. The van der Waals surface area contributed by atoms with Gasteiger partial charge in [0, 0.05) is 18.3 Å². The summed E-state index contributed by atoms with van der Waals surface area (Å²) < 4.78 is 30.5. The zero-order chi connectivity index (χ0) is 10.7. The van der Waals surface area contributed by atoms with Gasteiger partial charge in [-0.1, -0.05) is 0 Å². The zero-order valence-corrected chi connectivity index (χ0v) is 9.59. The van der Waals surface area contributed by atoms with Crippen LogP contribution in [0.15, 0.2) is 6.20 Å². The summed E-state index contributed by atoms with van der Waals surface area (Å²) in [6, 6.07) is 0. The first-order valence-corrected chi connectivity index (χ1v) is 4.89. The molecular formula is C8H9F2IN2O. The van der Waals surface area contributed by atoms with E-state index in [0.717, 1.165) is 6.20 Å².